The van der Waals surface area contributed by atoms with Crippen molar-refractivity contribution in [1.29, 1.82) is 5.26 Å². The summed E-state index contributed by atoms with van der Waals surface area (Å²) in [6, 6.07) is 2.27. The van der Waals surface area contributed by atoms with E-state index in [2.05, 4.69) is 18.3 Å². The molecule has 1 aliphatic heterocycles. The molecule has 2 nitrogen and oxygen atoms in total. The van der Waals surface area contributed by atoms with E-state index in [9.17, 15) is 0 Å². The molecule has 2 heteroatoms. The van der Waals surface area contributed by atoms with Gasteiger partial charge in [-0.1, -0.05) is 6.92 Å². The SMILES string of the molecule is CC1CNC[C@@H](C#N)C1. The van der Waals surface area contributed by atoms with E-state index in [-0.39, 0.29) is 5.92 Å². The fraction of sp³-hybridized carbons (Fsp3) is 0.857. The number of piperidine rings is 1. The molecule has 0 saturated carbocycles. The highest BCUT2D eigenvalue weighted by Crippen LogP contribution is 2.13. The van der Waals surface area contributed by atoms with Crippen molar-refractivity contribution in [1.82, 2.24) is 5.32 Å². The van der Waals surface area contributed by atoms with Crippen LogP contribution in [0.4, 0.5) is 0 Å². The largest absolute Gasteiger partial charge is 0.315 e. The molecule has 1 aliphatic rings. The van der Waals surface area contributed by atoms with Gasteiger partial charge in [-0.05, 0) is 18.9 Å². The second kappa shape index (κ2) is 2.84. The first-order chi connectivity index (χ1) is 4.33. The van der Waals surface area contributed by atoms with Gasteiger partial charge in [-0.3, -0.25) is 0 Å². The third kappa shape index (κ3) is 1.69. The molecular weight excluding hydrogens is 112 g/mol. The highest BCUT2D eigenvalue weighted by molar-refractivity contribution is 4.88. The number of nitriles is 1. The van der Waals surface area contributed by atoms with Gasteiger partial charge in [-0.15, -0.1) is 0 Å². The lowest BCUT2D eigenvalue weighted by atomic mass is 9.93. The number of hydrogen-bond donors (Lipinski definition) is 1. The molecule has 0 aromatic rings. The van der Waals surface area contributed by atoms with E-state index in [1.807, 2.05) is 0 Å². The minimum Gasteiger partial charge on any atom is -0.315 e. The summed E-state index contributed by atoms with van der Waals surface area (Å²) in [6.07, 6.45) is 1.07. The Balaban J connectivity index is 2.34. The zero-order chi connectivity index (χ0) is 6.69. The molecule has 50 valence electrons. The van der Waals surface area contributed by atoms with Gasteiger partial charge in [0.25, 0.3) is 0 Å². The highest BCUT2D eigenvalue weighted by Gasteiger charge is 2.16. The van der Waals surface area contributed by atoms with Gasteiger partial charge in [0.1, 0.15) is 0 Å². The highest BCUT2D eigenvalue weighted by atomic mass is 14.9. The second-order valence-corrected chi connectivity index (χ2v) is 2.83. The molecule has 1 fully saturated rings. The standard InChI is InChI=1S/C7H12N2/c1-6-2-7(3-8)5-9-4-6/h6-7,9H,2,4-5H2,1H3/t6?,7-/m1/s1. The molecule has 0 aromatic heterocycles. The van der Waals surface area contributed by atoms with E-state index in [0.717, 1.165) is 19.5 Å². The predicted molar refractivity (Wildman–Crippen MR) is 35.8 cm³/mol. The van der Waals surface area contributed by atoms with Crippen LogP contribution in [-0.4, -0.2) is 13.1 Å². The normalized spacial score (nSPS) is 35.6. The summed E-state index contributed by atoms with van der Waals surface area (Å²) < 4.78 is 0. The van der Waals surface area contributed by atoms with Gasteiger partial charge in [0.2, 0.25) is 0 Å². The van der Waals surface area contributed by atoms with Crippen molar-refractivity contribution in [3.63, 3.8) is 0 Å². The van der Waals surface area contributed by atoms with Crippen molar-refractivity contribution >= 4 is 0 Å². The molecule has 1 unspecified atom stereocenters. The maximum absolute atomic E-state index is 8.52. The van der Waals surface area contributed by atoms with Crippen molar-refractivity contribution in [3.05, 3.63) is 0 Å². The molecule has 1 heterocycles. The molecule has 2 atom stereocenters. The molecule has 0 bridgehead atoms. The van der Waals surface area contributed by atoms with Gasteiger partial charge in [0, 0.05) is 6.54 Å². The van der Waals surface area contributed by atoms with Crippen molar-refractivity contribution in [2.75, 3.05) is 13.1 Å². The first-order valence-corrected chi connectivity index (χ1v) is 3.43. The topological polar surface area (TPSA) is 35.8 Å². The van der Waals surface area contributed by atoms with Crippen molar-refractivity contribution in [2.45, 2.75) is 13.3 Å². The Morgan fingerprint density at radius 2 is 2.33 bits per heavy atom. The molecule has 1 N–H and O–H groups in total. The molecular formula is C7H12N2. The van der Waals surface area contributed by atoms with Gasteiger partial charge in [0.05, 0.1) is 12.0 Å². The molecule has 0 aliphatic carbocycles. The van der Waals surface area contributed by atoms with Gasteiger partial charge in [-0.25, -0.2) is 0 Å². The van der Waals surface area contributed by atoms with Gasteiger partial charge in [0.15, 0.2) is 0 Å². The molecule has 1 rings (SSSR count). The van der Waals surface area contributed by atoms with Crippen LogP contribution in [-0.2, 0) is 0 Å². The van der Waals surface area contributed by atoms with E-state index in [1.165, 1.54) is 0 Å². The van der Waals surface area contributed by atoms with Crippen LogP contribution >= 0.6 is 0 Å². The monoisotopic (exact) mass is 124 g/mol. The van der Waals surface area contributed by atoms with Crippen LogP contribution < -0.4 is 5.32 Å². The summed E-state index contributed by atoms with van der Waals surface area (Å²) in [5, 5.41) is 11.7. The number of nitrogens with zero attached hydrogens (tertiary/aromatic N) is 1. The molecule has 0 radical (unpaired) electrons. The summed E-state index contributed by atoms with van der Waals surface area (Å²) in [6.45, 7) is 4.15. The zero-order valence-electron chi connectivity index (χ0n) is 5.72. The third-order valence-electron chi connectivity index (χ3n) is 1.75. The van der Waals surface area contributed by atoms with Crippen LogP contribution in [0.25, 0.3) is 0 Å². The predicted octanol–water partition coefficient (Wildman–Crippen LogP) is 0.756. The molecule has 0 aromatic carbocycles. The van der Waals surface area contributed by atoms with Crippen molar-refractivity contribution < 1.29 is 0 Å². The minimum absolute atomic E-state index is 0.258. The molecule has 0 amide bonds. The number of hydrogen-bond acceptors (Lipinski definition) is 2. The molecule has 9 heavy (non-hydrogen) atoms. The van der Waals surface area contributed by atoms with Crippen molar-refractivity contribution in [2.24, 2.45) is 11.8 Å². The van der Waals surface area contributed by atoms with Crippen LogP contribution in [0.1, 0.15) is 13.3 Å². The van der Waals surface area contributed by atoms with Crippen LogP contribution in [0, 0.1) is 23.2 Å². The quantitative estimate of drug-likeness (QED) is 0.517. The van der Waals surface area contributed by atoms with Gasteiger partial charge < -0.3 is 5.32 Å². The Morgan fingerprint density at radius 3 is 2.78 bits per heavy atom. The number of nitrogens with one attached hydrogen (secondary N) is 1. The fourth-order valence-corrected chi connectivity index (χ4v) is 1.25. The Kier molecular flexibility index (Phi) is 2.07. The Morgan fingerprint density at radius 1 is 1.56 bits per heavy atom. The second-order valence-electron chi connectivity index (χ2n) is 2.83. The first kappa shape index (κ1) is 6.57. The lowest BCUT2D eigenvalue weighted by molar-refractivity contribution is 0.351. The van der Waals surface area contributed by atoms with E-state index in [4.69, 9.17) is 5.26 Å². The number of rotatable bonds is 0. The van der Waals surface area contributed by atoms with Gasteiger partial charge in [-0.2, -0.15) is 5.26 Å². The van der Waals surface area contributed by atoms with E-state index in [0.29, 0.717) is 5.92 Å². The van der Waals surface area contributed by atoms with E-state index >= 15 is 0 Å². The van der Waals surface area contributed by atoms with Crippen LogP contribution in [0.2, 0.25) is 0 Å². The van der Waals surface area contributed by atoms with Gasteiger partial charge >= 0.3 is 0 Å². The summed E-state index contributed by atoms with van der Waals surface area (Å²) >= 11 is 0. The van der Waals surface area contributed by atoms with Crippen molar-refractivity contribution in [3.8, 4) is 6.07 Å². The van der Waals surface area contributed by atoms with Crippen LogP contribution in [0.3, 0.4) is 0 Å². The molecule has 1 saturated heterocycles. The Bertz CT molecular complexity index is 125. The summed E-state index contributed by atoms with van der Waals surface area (Å²) in [5.74, 6) is 0.942. The minimum atomic E-state index is 0.258. The van der Waals surface area contributed by atoms with E-state index in [1.54, 1.807) is 0 Å². The molecule has 0 spiro atoms. The average molecular weight is 124 g/mol. The smallest absolute Gasteiger partial charge is 0.0669 e. The lowest BCUT2D eigenvalue weighted by Gasteiger charge is -2.22. The fourth-order valence-electron chi connectivity index (χ4n) is 1.25. The maximum atomic E-state index is 8.52. The average Bonchev–Trinajstić information content (AvgIpc) is 1.88. The maximum Gasteiger partial charge on any atom is 0.0669 e. The first-order valence-electron chi connectivity index (χ1n) is 3.43. The van der Waals surface area contributed by atoms with Crippen LogP contribution in [0.15, 0.2) is 0 Å². The Labute approximate surface area is 55.9 Å². The summed E-state index contributed by atoms with van der Waals surface area (Å²) in [5.41, 5.74) is 0. The van der Waals surface area contributed by atoms with E-state index < -0.39 is 0 Å². The zero-order valence-corrected chi connectivity index (χ0v) is 5.72. The van der Waals surface area contributed by atoms with Crippen LogP contribution in [0.5, 0.6) is 0 Å². The lowest BCUT2D eigenvalue weighted by Crippen LogP contribution is -2.34. The summed E-state index contributed by atoms with van der Waals surface area (Å²) in [7, 11) is 0. The summed E-state index contributed by atoms with van der Waals surface area (Å²) in [4.78, 5) is 0. The third-order valence-corrected chi connectivity index (χ3v) is 1.75. The Hall–Kier alpha value is -0.550.